The molecule has 0 aliphatic carbocycles. The van der Waals surface area contributed by atoms with E-state index in [9.17, 15) is 57.9 Å². The molecule has 1 fully saturated rings. The van der Waals surface area contributed by atoms with Crippen molar-refractivity contribution in [2.45, 2.75) is 50.9 Å². The molecular weight excluding hydrogens is 819 g/mol. The highest BCUT2D eigenvalue weighted by atomic mass is 33.1. The van der Waals surface area contributed by atoms with Gasteiger partial charge in [0.05, 0.1) is 26.7 Å². The number of rotatable bonds is 20. The van der Waals surface area contributed by atoms with E-state index in [0.717, 1.165) is 38.8 Å². The van der Waals surface area contributed by atoms with Crippen LogP contribution in [0.1, 0.15) is 26.5 Å². The molecule has 7 unspecified atom stereocenters. The first-order valence-corrected chi connectivity index (χ1v) is 21.7. The maximum atomic E-state index is 12.6. The fourth-order valence-electron chi connectivity index (χ4n) is 4.30. The minimum absolute atomic E-state index is 0.0287. The zero-order chi connectivity index (χ0) is 39.8. The number of carbonyl (C=O) groups excluding carboxylic acids is 3. The summed E-state index contributed by atoms with van der Waals surface area (Å²) < 4.78 is 66.4. The average Bonchev–Trinajstić information content (AvgIpc) is 3.62. The maximum Gasteiger partial charge on any atom is 0.481 e. The van der Waals surface area contributed by atoms with E-state index >= 15 is 0 Å². The molecule has 0 aromatic carbocycles. The molecule has 10 N–H and O–H groups in total. The van der Waals surface area contributed by atoms with Gasteiger partial charge in [0.1, 0.15) is 36.3 Å². The number of hydrogen-bond donors (Lipinski definition) is 9. The number of aliphatic hydroxyl groups is 2. The van der Waals surface area contributed by atoms with Crippen LogP contribution in [0.15, 0.2) is 12.7 Å². The molecule has 2 amide bonds. The molecular formula is C23H38N7O18P3S2. The largest absolute Gasteiger partial charge is 0.481 e. The molecule has 1 saturated heterocycles. The molecule has 300 valence electrons. The van der Waals surface area contributed by atoms with Gasteiger partial charge in [-0.05, 0) is 0 Å². The van der Waals surface area contributed by atoms with Crippen molar-refractivity contribution in [3.8, 4) is 0 Å². The van der Waals surface area contributed by atoms with Crippen LogP contribution in [0.5, 0.6) is 0 Å². The molecule has 0 spiro atoms. The minimum atomic E-state index is -5.57. The quantitative estimate of drug-likeness (QED) is 0.0352. The van der Waals surface area contributed by atoms with E-state index in [2.05, 4.69) is 39.2 Å². The number of nitrogen functional groups attached to an aromatic ring is 1. The predicted octanol–water partition coefficient (Wildman–Crippen LogP) is -0.447. The van der Waals surface area contributed by atoms with E-state index in [1.54, 1.807) is 0 Å². The van der Waals surface area contributed by atoms with Crippen molar-refractivity contribution in [3.05, 3.63) is 12.7 Å². The minimum Gasteiger partial charge on any atom is -0.460 e. The van der Waals surface area contributed by atoms with Gasteiger partial charge < -0.3 is 55.6 Å². The van der Waals surface area contributed by atoms with Crippen LogP contribution in [-0.2, 0) is 50.6 Å². The number of fused-ring (bicyclic) bond motifs is 1. The van der Waals surface area contributed by atoms with Gasteiger partial charge in [-0.25, -0.2) is 33.4 Å². The number of anilines is 1. The summed E-state index contributed by atoms with van der Waals surface area (Å²) in [6, 6.07) is 0. The Bertz CT molecular complexity index is 1750. The molecule has 3 rings (SSSR count). The number of nitrogens with zero attached hydrogens (tertiary/aromatic N) is 4. The standard InChI is InChI=1S/C23H38N7O18P3S2/c1-23(2,17(33)20(34)26-5-4-13(31)25-6-7-52-53-22(35)43-3)9-45-51(41,42)48-50(39,40)44-8-12-16(47-49(36,37)38)15(32)21(46-12)30-11-29-14-18(24)27-10-28-19(14)30/h10-12,15-17,21,32-33H,4-9H2,1-3H3,(H,25,31)(H,26,34)(H,39,40)(H,41,42)(H2,24,27,28)(H2,36,37,38). The Kier molecular flexibility index (Phi) is 16.2. The highest BCUT2D eigenvalue weighted by Gasteiger charge is 2.50. The normalized spacial score (nSPS) is 22.1. The predicted molar refractivity (Wildman–Crippen MR) is 182 cm³/mol. The number of carbonyl (C=O) groups is 3. The van der Waals surface area contributed by atoms with E-state index in [1.807, 2.05) is 0 Å². The van der Waals surface area contributed by atoms with Crippen molar-refractivity contribution in [1.82, 2.24) is 30.2 Å². The van der Waals surface area contributed by atoms with Crippen LogP contribution in [-0.4, -0.2) is 130 Å². The molecule has 3 heterocycles. The maximum absolute atomic E-state index is 12.6. The van der Waals surface area contributed by atoms with Gasteiger partial charge in [0.2, 0.25) is 11.8 Å². The van der Waals surface area contributed by atoms with E-state index in [0.29, 0.717) is 5.75 Å². The molecule has 0 bridgehead atoms. The molecule has 1 aliphatic rings. The Balaban J connectivity index is 1.52. The second-order valence-electron chi connectivity index (χ2n) is 11.4. The molecule has 2 aromatic heterocycles. The summed E-state index contributed by atoms with van der Waals surface area (Å²) in [5.74, 6) is -1.07. The van der Waals surface area contributed by atoms with Crippen molar-refractivity contribution in [2.75, 3.05) is 44.9 Å². The number of phosphoric ester groups is 3. The number of methoxy groups -OCH3 is 1. The van der Waals surface area contributed by atoms with Crippen LogP contribution in [0.3, 0.4) is 0 Å². The SMILES string of the molecule is COC(=O)SSCCNC(=O)CCNC(=O)C(O)C(C)(C)COP(=O)(O)OP(=O)(O)OCC1OC(n2cnc3c(N)ncnc32)C(O)C1OP(=O)(O)O. The lowest BCUT2D eigenvalue weighted by Crippen LogP contribution is -2.46. The lowest BCUT2D eigenvalue weighted by molar-refractivity contribution is -0.137. The number of imidazole rings is 1. The smallest absolute Gasteiger partial charge is 0.460 e. The van der Waals surface area contributed by atoms with Gasteiger partial charge in [-0.3, -0.25) is 27.7 Å². The Morgan fingerprint density at radius 3 is 2.42 bits per heavy atom. The summed E-state index contributed by atoms with van der Waals surface area (Å²) >= 11 is 0. The van der Waals surface area contributed by atoms with E-state index in [4.69, 9.17) is 19.5 Å². The van der Waals surface area contributed by atoms with Crippen molar-refractivity contribution in [1.29, 1.82) is 0 Å². The number of aliphatic hydroxyl groups excluding tert-OH is 2. The Hall–Kier alpha value is -2.29. The third-order valence-corrected chi connectivity index (χ3v) is 12.0. The molecule has 53 heavy (non-hydrogen) atoms. The number of phosphoric acid groups is 3. The van der Waals surface area contributed by atoms with Crippen molar-refractivity contribution in [2.24, 2.45) is 5.41 Å². The van der Waals surface area contributed by atoms with Gasteiger partial charge in [-0.1, -0.05) is 24.6 Å². The Morgan fingerprint density at radius 2 is 1.75 bits per heavy atom. The topological polar surface area (TPSA) is 373 Å². The van der Waals surface area contributed by atoms with Crippen molar-refractivity contribution >= 4 is 79.2 Å². The third-order valence-electron chi connectivity index (χ3n) is 6.88. The average molecular weight is 858 g/mol. The lowest BCUT2D eigenvalue weighted by atomic mass is 9.87. The van der Waals surface area contributed by atoms with Crippen LogP contribution in [0.25, 0.3) is 11.2 Å². The van der Waals surface area contributed by atoms with E-state index in [-0.39, 0.29) is 36.5 Å². The molecule has 0 saturated carbocycles. The summed E-state index contributed by atoms with van der Waals surface area (Å²) in [6.45, 7) is 0.497. The summed E-state index contributed by atoms with van der Waals surface area (Å²) in [5.41, 5.74) is 4.25. The molecule has 1 aliphatic heterocycles. The molecule has 25 nitrogen and oxygen atoms in total. The second-order valence-corrected chi connectivity index (χ2v) is 18.0. The van der Waals surface area contributed by atoms with Crippen LogP contribution >= 0.6 is 45.1 Å². The molecule has 2 aromatic rings. The summed E-state index contributed by atoms with van der Waals surface area (Å²) in [4.78, 5) is 86.3. The first-order valence-electron chi connectivity index (χ1n) is 14.8. The van der Waals surface area contributed by atoms with Crippen LogP contribution < -0.4 is 16.4 Å². The number of nitrogens with one attached hydrogen (secondary N) is 2. The van der Waals surface area contributed by atoms with Crippen molar-refractivity contribution in [3.63, 3.8) is 0 Å². The fraction of sp³-hybridized carbons (Fsp3) is 0.652. The second kappa shape index (κ2) is 19.0. The number of amides is 2. The zero-order valence-electron chi connectivity index (χ0n) is 27.9. The first-order chi connectivity index (χ1) is 24.6. The van der Waals surface area contributed by atoms with Gasteiger partial charge in [-0.2, -0.15) is 4.31 Å². The van der Waals surface area contributed by atoms with Gasteiger partial charge in [0.15, 0.2) is 17.7 Å². The number of ether oxygens (including phenoxy) is 2. The summed E-state index contributed by atoms with van der Waals surface area (Å²) in [7, 11) is -13.1. The highest BCUT2D eigenvalue weighted by Crippen LogP contribution is 2.61. The van der Waals surface area contributed by atoms with E-state index in [1.165, 1.54) is 21.0 Å². The van der Waals surface area contributed by atoms with Gasteiger partial charge >= 0.3 is 28.8 Å². The number of aromatic nitrogens is 4. The number of nitrogens with two attached hydrogens (primary N) is 1. The number of hydrogen-bond acceptors (Lipinski definition) is 20. The summed E-state index contributed by atoms with van der Waals surface area (Å²) in [5, 5.41) is 25.7. The molecule has 30 heteroatoms. The highest BCUT2D eigenvalue weighted by molar-refractivity contribution is 8.82. The fourth-order valence-corrected chi connectivity index (χ4v) is 8.55. The van der Waals surface area contributed by atoms with Gasteiger partial charge in [0.25, 0.3) is 0 Å². The first kappa shape index (κ1) is 45.1. The lowest BCUT2D eigenvalue weighted by Gasteiger charge is -2.30. The van der Waals surface area contributed by atoms with Crippen LogP contribution in [0, 0.1) is 5.41 Å². The van der Waals surface area contributed by atoms with Gasteiger partial charge in [-0.15, -0.1) is 0 Å². The Labute approximate surface area is 307 Å². The molecule has 7 atom stereocenters. The van der Waals surface area contributed by atoms with Crippen LogP contribution in [0.2, 0.25) is 0 Å². The molecule has 0 radical (unpaired) electrons. The Morgan fingerprint density at radius 1 is 1.08 bits per heavy atom. The van der Waals surface area contributed by atoms with Crippen molar-refractivity contribution < 1.29 is 85.2 Å². The summed E-state index contributed by atoms with van der Waals surface area (Å²) in [6.07, 6.45) is -6.92. The van der Waals surface area contributed by atoms with Gasteiger partial charge in [0, 0.05) is 41.5 Å². The monoisotopic (exact) mass is 857 g/mol. The van der Waals surface area contributed by atoms with Crippen LogP contribution in [0.4, 0.5) is 10.6 Å². The van der Waals surface area contributed by atoms with E-state index < -0.39 is 89.9 Å². The zero-order valence-corrected chi connectivity index (χ0v) is 32.2. The third kappa shape index (κ3) is 13.8.